The molecule has 0 saturated heterocycles. The number of hydrogen-bond acceptors (Lipinski definition) is 4. The Morgan fingerprint density at radius 1 is 1.24 bits per heavy atom. The van der Waals surface area contributed by atoms with Gasteiger partial charge in [0.15, 0.2) is 0 Å². The molecular formula is C13H27NO3. The highest BCUT2D eigenvalue weighted by atomic mass is 16.6. The summed E-state index contributed by atoms with van der Waals surface area (Å²) in [4.78, 5) is 22.4. The first kappa shape index (κ1) is 18.5. The Labute approximate surface area is 105 Å². The predicted molar refractivity (Wildman–Crippen MR) is 70.0 cm³/mol. The summed E-state index contributed by atoms with van der Waals surface area (Å²) in [7, 11) is 1.71. The van der Waals surface area contributed by atoms with Gasteiger partial charge in [0, 0.05) is 6.42 Å². The predicted octanol–water partition coefficient (Wildman–Crippen LogP) is 2.31. The Hall–Kier alpha value is -0.900. The van der Waals surface area contributed by atoms with Crippen LogP contribution in [0.25, 0.3) is 0 Å². The molecule has 17 heavy (non-hydrogen) atoms. The van der Waals surface area contributed by atoms with Crippen LogP contribution >= 0.6 is 0 Å². The van der Waals surface area contributed by atoms with E-state index in [1.165, 1.54) is 6.92 Å². The van der Waals surface area contributed by atoms with Gasteiger partial charge < -0.3 is 10.1 Å². The number of carbonyl (C=O) groups excluding carboxylic acids is 2. The molecule has 0 radical (unpaired) electrons. The van der Waals surface area contributed by atoms with Crippen molar-refractivity contribution in [3.63, 3.8) is 0 Å². The van der Waals surface area contributed by atoms with E-state index in [9.17, 15) is 9.59 Å². The van der Waals surface area contributed by atoms with E-state index in [2.05, 4.69) is 5.32 Å². The van der Waals surface area contributed by atoms with Crippen LogP contribution in [0.5, 0.6) is 0 Å². The quantitative estimate of drug-likeness (QED) is 0.755. The molecule has 1 atom stereocenters. The van der Waals surface area contributed by atoms with E-state index in [1.54, 1.807) is 7.05 Å². The Kier molecular flexibility index (Phi) is 9.95. The van der Waals surface area contributed by atoms with Crippen LogP contribution in [0.1, 0.15) is 54.4 Å². The van der Waals surface area contributed by atoms with E-state index in [0.29, 0.717) is 6.42 Å². The molecule has 0 saturated carbocycles. The van der Waals surface area contributed by atoms with Crippen molar-refractivity contribution in [2.24, 2.45) is 0 Å². The lowest BCUT2D eigenvalue weighted by Crippen LogP contribution is -2.33. The van der Waals surface area contributed by atoms with Crippen molar-refractivity contribution in [1.82, 2.24) is 5.32 Å². The fourth-order valence-electron chi connectivity index (χ4n) is 1.21. The zero-order valence-corrected chi connectivity index (χ0v) is 12.2. The highest BCUT2D eigenvalue weighted by molar-refractivity contribution is 5.82. The number of esters is 1. The average Bonchev–Trinajstić information content (AvgIpc) is 2.18. The highest BCUT2D eigenvalue weighted by Crippen LogP contribution is 2.10. The number of rotatable bonds is 5. The van der Waals surface area contributed by atoms with E-state index in [4.69, 9.17) is 4.74 Å². The molecule has 102 valence electrons. The van der Waals surface area contributed by atoms with E-state index < -0.39 is 5.60 Å². The maximum absolute atomic E-state index is 11.3. The summed E-state index contributed by atoms with van der Waals surface area (Å²) in [5, 5.41) is 2.86. The third kappa shape index (κ3) is 11.4. The molecule has 0 fully saturated rings. The van der Waals surface area contributed by atoms with Crippen molar-refractivity contribution in [1.29, 1.82) is 0 Å². The van der Waals surface area contributed by atoms with Crippen LogP contribution in [0.3, 0.4) is 0 Å². The van der Waals surface area contributed by atoms with Crippen molar-refractivity contribution in [3.8, 4) is 0 Å². The number of hydrogen-bond donors (Lipinski definition) is 1. The van der Waals surface area contributed by atoms with Crippen molar-refractivity contribution < 1.29 is 14.3 Å². The Bertz CT molecular complexity index is 231. The molecule has 0 aliphatic heterocycles. The van der Waals surface area contributed by atoms with E-state index in [1.807, 2.05) is 34.6 Å². The number of likely N-dealkylation sites (N-methyl/N-ethyl adjacent to an activating group) is 1. The summed E-state index contributed by atoms with van der Waals surface area (Å²) < 4.78 is 5.13. The van der Waals surface area contributed by atoms with Crippen LogP contribution in [0.15, 0.2) is 0 Å². The second kappa shape index (κ2) is 9.16. The summed E-state index contributed by atoms with van der Waals surface area (Å²) in [5.74, 6) is -0.218. The summed E-state index contributed by atoms with van der Waals surface area (Å²) in [5.41, 5.74) is -0.456. The lowest BCUT2D eigenvalue weighted by atomic mass is 10.1. The molecule has 4 nitrogen and oxygen atoms in total. The lowest BCUT2D eigenvalue weighted by molar-refractivity contribution is -0.155. The van der Waals surface area contributed by atoms with Gasteiger partial charge in [-0.25, -0.2) is 0 Å². The standard InChI is InChI=1S/C11H21NO3.C2H6/c1-8(13)9(12-5)6-7-10(14)15-11(2,3)4;1-2/h9,12H,6-7H2,1-5H3;1-2H3/t9-;/m0./s1. The monoisotopic (exact) mass is 245 g/mol. The maximum Gasteiger partial charge on any atom is 0.306 e. The molecule has 1 N–H and O–H groups in total. The SMILES string of the molecule is CC.CN[C@@H](CCC(=O)OC(C)(C)C)C(C)=O. The van der Waals surface area contributed by atoms with Crippen LogP contribution < -0.4 is 5.32 Å². The molecular weight excluding hydrogens is 218 g/mol. The first-order valence-electron chi connectivity index (χ1n) is 6.16. The van der Waals surface area contributed by atoms with Crippen LogP contribution in [-0.4, -0.2) is 30.4 Å². The average molecular weight is 245 g/mol. The Balaban J connectivity index is 0. The lowest BCUT2D eigenvalue weighted by Gasteiger charge is -2.20. The molecule has 0 aromatic heterocycles. The fraction of sp³-hybridized carbons (Fsp3) is 0.846. The van der Waals surface area contributed by atoms with Crippen LogP contribution in [0.4, 0.5) is 0 Å². The maximum atomic E-state index is 11.3. The number of ketones is 1. The first-order chi connectivity index (χ1) is 7.76. The summed E-state index contributed by atoms with van der Waals surface area (Å²) in [6, 6.07) is -0.252. The van der Waals surface area contributed by atoms with E-state index in [0.717, 1.165) is 0 Å². The number of Topliss-reactive ketones (excluding diaryl/α,β-unsaturated/α-hetero) is 1. The van der Waals surface area contributed by atoms with E-state index >= 15 is 0 Å². The minimum Gasteiger partial charge on any atom is -0.460 e. The molecule has 0 aromatic carbocycles. The molecule has 0 aromatic rings. The fourth-order valence-corrected chi connectivity index (χ4v) is 1.21. The van der Waals surface area contributed by atoms with Gasteiger partial charge in [-0.05, 0) is 41.2 Å². The third-order valence-electron chi connectivity index (χ3n) is 1.90. The molecule has 0 bridgehead atoms. The Morgan fingerprint density at radius 3 is 2.00 bits per heavy atom. The Morgan fingerprint density at radius 2 is 1.71 bits per heavy atom. The van der Waals surface area contributed by atoms with Gasteiger partial charge in [-0.1, -0.05) is 13.8 Å². The van der Waals surface area contributed by atoms with Gasteiger partial charge in [0.05, 0.1) is 6.04 Å². The van der Waals surface area contributed by atoms with Gasteiger partial charge in [0.1, 0.15) is 11.4 Å². The number of ether oxygens (including phenoxy) is 1. The minimum absolute atomic E-state index is 0.0426. The summed E-state index contributed by atoms with van der Waals surface area (Å²) in [6.45, 7) is 11.0. The molecule has 0 unspecified atom stereocenters. The van der Waals surface area contributed by atoms with Gasteiger partial charge >= 0.3 is 5.97 Å². The molecule has 0 aliphatic rings. The van der Waals surface area contributed by atoms with Crippen LogP contribution in [0.2, 0.25) is 0 Å². The largest absolute Gasteiger partial charge is 0.460 e. The molecule has 4 heteroatoms. The number of nitrogens with one attached hydrogen (secondary N) is 1. The molecule has 0 aliphatic carbocycles. The molecule has 0 spiro atoms. The van der Waals surface area contributed by atoms with Crippen molar-refractivity contribution in [3.05, 3.63) is 0 Å². The zero-order chi connectivity index (χ0) is 14.1. The second-order valence-corrected chi connectivity index (χ2v) is 4.58. The number of carbonyl (C=O) groups is 2. The van der Waals surface area contributed by atoms with Crippen molar-refractivity contribution in [2.45, 2.75) is 66.0 Å². The van der Waals surface area contributed by atoms with Gasteiger partial charge in [-0.3, -0.25) is 9.59 Å². The molecule has 0 heterocycles. The second-order valence-electron chi connectivity index (χ2n) is 4.58. The van der Waals surface area contributed by atoms with Gasteiger partial charge in [0.25, 0.3) is 0 Å². The van der Waals surface area contributed by atoms with Crippen LogP contribution in [-0.2, 0) is 14.3 Å². The third-order valence-corrected chi connectivity index (χ3v) is 1.90. The summed E-state index contributed by atoms with van der Waals surface area (Å²) >= 11 is 0. The summed E-state index contributed by atoms with van der Waals surface area (Å²) in [6.07, 6.45) is 0.753. The van der Waals surface area contributed by atoms with E-state index in [-0.39, 0.29) is 24.2 Å². The topological polar surface area (TPSA) is 55.4 Å². The first-order valence-corrected chi connectivity index (χ1v) is 6.16. The van der Waals surface area contributed by atoms with Crippen LogP contribution in [0, 0.1) is 0 Å². The normalized spacial score (nSPS) is 12.2. The van der Waals surface area contributed by atoms with Gasteiger partial charge in [0.2, 0.25) is 0 Å². The molecule has 0 rings (SSSR count). The highest BCUT2D eigenvalue weighted by Gasteiger charge is 2.18. The smallest absolute Gasteiger partial charge is 0.306 e. The molecule has 0 amide bonds. The van der Waals surface area contributed by atoms with Crippen molar-refractivity contribution >= 4 is 11.8 Å². The van der Waals surface area contributed by atoms with Gasteiger partial charge in [-0.15, -0.1) is 0 Å². The van der Waals surface area contributed by atoms with Crippen molar-refractivity contribution in [2.75, 3.05) is 7.05 Å². The minimum atomic E-state index is -0.456. The zero-order valence-electron chi connectivity index (χ0n) is 12.2. The van der Waals surface area contributed by atoms with Gasteiger partial charge in [-0.2, -0.15) is 0 Å².